The predicted molar refractivity (Wildman–Crippen MR) is 61.0 cm³/mol. The van der Waals surface area contributed by atoms with E-state index in [0.29, 0.717) is 5.69 Å². The first-order valence-corrected chi connectivity index (χ1v) is 5.17. The molecule has 0 bridgehead atoms. The number of pyridine rings is 1. The Hall–Kier alpha value is -2.11. The highest BCUT2D eigenvalue weighted by Crippen LogP contribution is 2.05. The Morgan fingerprint density at radius 2 is 2.24 bits per heavy atom. The van der Waals surface area contributed by atoms with Crippen molar-refractivity contribution in [1.29, 1.82) is 0 Å². The third-order valence-electron chi connectivity index (χ3n) is 2.31. The zero-order chi connectivity index (χ0) is 12.8. The van der Waals surface area contributed by atoms with Crippen LogP contribution in [0.25, 0.3) is 0 Å². The van der Waals surface area contributed by atoms with Crippen molar-refractivity contribution >= 4 is 12.0 Å². The van der Waals surface area contributed by atoms with Gasteiger partial charge in [0.25, 0.3) is 0 Å². The van der Waals surface area contributed by atoms with Gasteiger partial charge in [0, 0.05) is 12.7 Å². The van der Waals surface area contributed by atoms with Gasteiger partial charge in [0.05, 0.1) is 18.2 Å². The van der Waals surface area contributed by atoms with Crippen LogP contribution in [0.3, 0.4) is 0 Å². The number of carbonyl (C=O) groups is 2. The highest BCUT2D eigenvalue weighted by molar-refractivity contribution is 5.74. The van der Waals surface area contributed by atoms with Gasteiger partial charge < -0.3 is 15.7 Å². The molecule has 1 rings (SSSR count). The third kappa shape index (κ3) is 4.10. The molecule has 0 aromatic carbocycles. The zero-order valence-corrected chi connectivity index (χ0v) is 9.54. The number of aromatic nitrogens is 1. The highest BCUT2D eigenvalue weighted by atomic mass is 16.4. The van der Waals surface area contributed by atoms with Crippen molar-refractivity contribution in [2.45, 2.75) is 13.5 Å². The van der Waals surface area contributed by atoms with Crippen LogP contribution in [-0.2, 0) is 11.3 Å². The Bertz CT molecular complexity index is 394. The SMILES string of the molecule is CC(CN(Cc1ccccn1)C(N)=O)C(=O)O. The van der Waals surface area contributed by atoms with Gasteiger partial charge in [-0.2, -0.15) is 0 Å². The van der Waals surface area contributed by atoms with E-state index < -0.39 is 17.9 Å². The summed E-state index contributed by atoms with van der Waals surface area (Å²) in [6.45, 7) is 1.81. The van der Waals surface area contributed by atoms with Crippen LogP contribution in [0, 0.1) is 5.92 Å². The summed E-state index contributed by atoms with van der Waals surface area (Å²) in [5, 5.41) is 8.78. The Morgan fingerprint density at radius 1 is 1.53 bits per heavy atom. The number of carboxylic acid groups (broad SMARTS) is 1. The summed E-state index contributed by atoms with van der Waals surface area (Å²) in [5.74, 6) is -1.62. The van der Waals surface area contributed by atoms with Crippen LogP contribution in [-0.4, -0.2) is 33.5 Å². The maximum absolute atomic E-state index is 11.2. The van der Waals surface area contributed by atoms with E-state index in [1.165, 1.54) is 11.8 Å². The summed E-state index contributed by atoms with van der Waals surface area (Å²) >= 11 is 0. The Balaban J connectivity index is 2.67. The van der Waals surface area contributed by atoms with E-state index in [9.17, 15) is 9.59 Å². The highest BCUT2D eigenvalue weighted by Gasteiger charge is 2.19. The normalized spacial score (nSPS) is 11.8. The van der Waals surface area contributed by atoms with E-state index >= 15 is 0 Å². The van der Waals surface area contributed by atoms with Crippen molar-refractivity contribution in [2.24, 2.45) is 11.7 Å². The van der Waals surface area contributed by atoms with Crippen LogP contribution >= 0.6 is 0 Å². The average molecular weight is 237 g/mol. The van der Waals surface area contributed by atoms with Crippen LogP contribution in [0.15, 0.2) is 24.4 Å². The minimum Gasteiger partial charge on any atom is -0.481 e. The number of rotatable bonds is 5. The number of amides is 2. The lowest BCUT2D eigenvalue weighted by Crippen LogP contribution is -2.40. The standard InChI is InChI=1S/C11H15N3O3/c1-8(10(15)16)6-14(11(12)17)7-9-4-2-3-5-13-9/h2-5,8H,6-7H2,1H3,(H2,12,17)(H,15,16). The van der Waals surface area contributed by atoms with Gasteiger partial charge in [-0.05, 0) is 12.1 Å². The van der Waals surface area contributed by atoms with E-state index in [0.717, 1.165) is 0 Å². The molecule has 1 aromatic rings. The molecule has 6 heteroatoms. The summed E-state index contributed by atoms with van der Waals surface area (Å²) in [5.41, 5.74) is 5.87. The minimum atomic E-state index is -0.961. The maximum atomic E-state index is 11.2. The summed E-state index contributed by atoms with van der Waals surface area (Å²) < 4.78 is 0. The molecule has 3 N–H and O–H groups in total. The largest absolute Gasteiger partial charge is 0.481 e. The number of carbonyl (C=O) groups excluding carboxylic acids is 1. The minimum absolute atomic E-state index is 0.0707. The molecule has 1 unspecified atom stereocenters. The Morgan fingerprint density at radius 3 is 2.71 bits per heavy atom. The van der Waals surface area contributed by atoms with Crippen LogP contribution in [0.2, 0.25) is 0 Å². The van der Waals surface area contributed by atoms with Crippen LogP contribution < -0.4 is 5.73 Å². The maximum Gasteiger partial charge on any atom is 0.315 e. The van der Waals surface area contributed by atoms with Gasteiger partial charge in [-0.25, -0.2) is 4.79 Å². The first kappa shape index (κ1) is 13.0. The second-order valence-corrected chi connectivity index (χ2v) is 3.78. The number of carboxylic acids is 1. The lowest BCUT2D eigenvalue weighted by atomic mass is 10.1. The quantitative estimate of drug-likeness (QED) is 0.787. The number of nitrogens with two attached hydrogens (primary N) is 1. The second-order valence-electron chi connectivity index (χ2n) is 3.78. The van der Waals surface area contributed by atoms with Gasteiger partial charge in [-0.1, -0.05) is 13.0 Å². The van der Waals surface area contributed by atoms with E-state index in [1.807, 2.05) is 0 Å². The molecule has 1 heterocycles. The first-order valence-electron chi connectivity index (χ1n) is 5.17. The van der Waals surface area contributed by atoms with Gasteiger partial charge in [-0.15, -0.1) is 0 Å². The summed E-state index contributed by atoms with van der Waals surface area (Å²) in [6.07, 6.45) is 1.61. The number of nitrogens with zero attached hydrogens (tertiary/aromatic N) is 2. The fourth-order valence-electron chi connectivity index (χ4n) is 1.33. The summed E-state index contributed by atoms with van der Waals surface area (Å²) in [7, 11) is 0. The van der Waals surface area contributed by atoms with Gasteiger partial charge >= 0.3 is 12.0 Å². The second kappa shape index (κ2) is 5.83. The molecule has 0 fully saturated rings. The molecule has 17 heavy (non-hydrogen) atoms. The molecule has 0 aliphatic heterocycles. The molecule has 0 aliphatic rings. The molecule has 0 saturated carbocycles. The van der Waals surface area contributed by atoms with Crippen molar-refractivity contribution in [1.82, 2.24) is 9.88 Å². The summed E-state index contributed by atoms with van der Waals surface area (Å²) in [4.78, 5) is 27.2. The molecule has 0 saturated heterocycles. The topological polar surface area (TPSA) is 96.5 Å². The molecule has 0 spiro atoms. The first-order chi connectivity index (χ1) is 8.00. The van der Waals surface area contributed by atoms with Crippen molar-refractivity contribution in [3.8, 4) is 0 Å². The molecule has 92 valence electrons. The molecule has 1 aromatic heterocycles. The fourth-order valence-corrected chi connectivity index (χ4v) is 1.33. The number of aliphatic carboxylic acids is 1. The van der Waals surface area contributed by atoms with Crippen molar-refractivity contribution in [3.05, 3.63) is 30.1 Å². The molecule has 0 radical (unpaired) electrons. The van der Waals surface area contributed by atoms with Gasteiger partial charge in [-0.3, -0.25) is 9.78 Å². The van der Waals surface area contributed by atoms with Crippen LogP contribution in [0.4, 0.5) is 4.79 Å². The van der Waals surface area contributed by atoms with E-state index in [2.05, 4.69) is 4.98 Å². The van der Waals surface area contributed by atoms with E-state index in [1.54, 1.807) is 24.4 Å². The fraction of sp³-hybridized carbons (Fsp3) is 0.364. The molecule has 6 nitrogen and oxygen atoms in total. The van der Waals surface area contributed by atoms with E-state index in [-0.39, 0.29) is 13.1 Å². The van der Waals surface area contributed by atoms with Gasteiger partial charge in [0.15, 0.2) is 0 Å². The zero-order valence-electron chi connectivity index (χ0n) is 9.54. The lowest BCUT2D eigenvalue weighted by molar-refractivity contribution is -0.141. The summed E-state index contributed by atoms with van der Waals surface area (Å²) in [6, 6.07) is 4.66. The number of hydrogen-bond donors (Lipinski definition) is 2. The van der Waals surface area contributed by atoms with Crippen LogP contribution in [0.5, 0.6) is 0 Å². The monoisotopic (exact) mass is 237 g/mol. The Labute approximate surface area is 99.1 Å². The average Bonchev–Trinajstić information content (AvgIpc) is 2.29. The van der Waals surface area contributed by atoms with Crippen molar-refractivity contribution < 1.29 is 14.7 Å². The van der Waals surface area contributed by atoms with Crippen molar-refractivity contribution in [2.75, 3.05) is 6.54 Å². The third-order valence-corrected chi connectivity index (χ3v) is 2.31. The van der Waals surface area contributed by atoms with E-state index in [4.69, 9.17) is 10.8 Å². The molecule has 0 aliphatic carbocycles. The number of urea groups is 1. The van der Waals surface area contributed by atoms with Crippen molar-refractivity contribution in [3.63, 3.8) is 0 Å². The predicted octanol–water partition coefficient (Wildman–Crippen LogP) is 0.683. The van der Waals surface area contributed by atoms with Gasteiger partial charge in [0.1, 0.15) is 0 Å². The molecular weight excluding hydrogens is 222 g/mol. The number of hydrogen-bond acceptors (Lipinski definition) is 3. The molecule has 2 amide bonds. The lowest BCUT2D eigenvalue weighted by Gasteiger charge is -2.21. The van der Waals surface area contributed by atoms with Gasteiger partial charge in [0.2, 0.25) is 0 Å². The molecule has 1 atom stereocenters. The van der Waals surface area contributed by atoms with Crippen LogP contribution in [0.1, 0.15) is 12.6 Å². The molecular formula is C11H15N3O3. The number of primary amides is 1. The Kier molecular flexibility index (Phi) is 4.45. The smallest absolute Gasteiger partial charge is 0.315 e.